The predicted octanol–water partition coefficient (Wildman–Crippen LogP) is 1.25. The summed E-state index contributed by atoms with van der Waals surface area (Å²) in [5, 5.41) is -0.00535. The van der Waals surface area contributed by atoms with Gasteiger partial charge in [-0.3, -0.25) is 4.79 Å². The van der Waals surface area contributed by atoms with Crippen molar-refractivity contribution in [2.24, 2.45) is 0 Å². The molecule has 2 heterocycles. The highest BCUT2D eigenvalue weighted by Crippen LogP contribution is 2.17. The Morgan fingerprint density at radius 3 is 2.85 bits per heavy atom. The lowest BCUT2D eigenvalue weighted by Crippen LogP contribution is -2.15. The average Bonchev–Trinajstić information content (AvgIpc) is 2.76. The first kappa shape index (κ1) is 14.7. The van der Waals surface area contributed by atoms with E-state index < -0.39 is 9.84 Å². The molecule has 6 nitrogen and oxygen atoms in total. The van der Waals surface area contributed by atoms with Crippen LogP contribution in [0.4, 0.5) is 0 Å². The minimum Gasteiger partial charge on any atom is -0.377 e. The number of sulfone groups is 1. The Balaban J connectivity index is 2.20. The Morgan fingerprint density at radius 1 is 1.40 bits per heavy atom. The van der Waals surface area contributed by atoms with Crippen LogP contribution in [0.3, 0.4) is 0 Å². The standard InChI is InChI=1S/C13H16N2O4S/c1-9-7-12-11(14-9)3-4-13(15-12)20(17,18)6-5-10(16)8-19-2/h3-4,7,14H,5-6,8H2,1-2H3. The van der Waals surface area contributed by atoms with Gasteiger partial charge in [0.15, 0.2) is 20.6 Å². The van der Waals surface area contributed by atoms with Crippen molar-refractivity contribution in [1.29, 1.82) is 0 Å². The molecular formula is C13H16N2O4S. The minimum absolute atomic E-state index is 0.00535. The molecule has 0 aromatic carbocycles. The number of pyridine rings is 1. The second-order valence-electron chi connectivity index (χ2n) is 4.58. The van der Waals surface area contributed by atoms with Gasteiger partial charge in [-0.2, -0.15) is 0 Å². The van der Waals surface area contributed by atoms with Crippen LogP contribution in [-0.2, 0) is 19.4 Å². The van der Waals surface area contributed by atoms with E-state index in [-0.39, 0.29) is 29.6 Å². The van der Waals surface area contributed by atoms with Crippen molar-refractivity contribution in [3.8, 4) is 0 Å². The molecule has 0 fully saturated rings. The SMILES string of the molecule is COCC(=O)CCS(=O)(=O)c1ccc2[nH]c(C)cc2n1. The third-order valence-corrected chi connectivity index (χ3v) is 4.46. The number of methoxy groups -OCH3 is 1. The van der Waals surface area contributed by atoms with Gasteiger partial charge in [0, 0.05) is 19.2 Å². The van der Waals surface area contributed by atoms with Gasteiger partial charge in [0.05, 0.1) is 16.8 Å². The van der Waals surface area contributed by atoms with E-state index in [0.29, 0.717) is 5.52 Å². The Kier molecular flexibility index (Phi) is 4.20. The van der Waals surface area contributed by atoms with E-state index in [1.807, 2.05) is 6.92 Å². The van der Waals surface area contributed by atoms with Crippen molar-refractivity contribution in [2.45, 2.75) is 18.4 Å². The molecule has 0 saturated carbocycles. The molecule has 0 spiro atoms. The molecule has 2 rings (SSSR count). The Hall–Kier alpha value is -1.73. The smallest absolute Gasteiger partial charge is 0.196 e. The van der Waals surface area contributed by atoms with Gasteiger partial charge in [-0.25, -0.2) is 13.4 Å². The molecule has 0 atom stereocenters. The monoisotopic (exact) mass is 296 g/mol. The molecule has 108 valence electrons. The van der Waals surface area contributed by atoms with Crippen molar-refractivity contribution >= 4 is 26.7 Å². The zero-order valence-corrected chi connectivity index (χ0v) is 12.2. The van der Waals surface area contributed by atoms with E-state index >= 15 is 0 Å². The molecule has 0 radical (unpaired) electrons. The maximum Gasteiger partial charge on any atom is 0.196 e. The minimum atomic E-state index is -3.56. The Labute approximate surface area is 117 Å². The molecule has 0 bridgehead atoms. The Morgan fingerprint density at radius 2 is 2.15 bits per heavy atom. The second kappa shape index (κ2) is 5.72. The third kappa shape index (κ3) is 3.23. The number of hydrogen-bond acceptors (Lipinski definition) is 5. The highest BCUT2D eigenvalue weighted by molar-refractivity contribution is 7.91. The zero-order chi connectivity index (χ0) is 14.8. The van der Waals surface area contributed by atoms with Crippen LogP contribution in [0.2, 0.25) is 0 Å². The molecule has 7 heteroatoms. The summed E-state index contributed by atoms with van der Waals surface area (Å²) in [7, 11) is -2.16. The van der Waals surface area contributed by atoms with Crippen molar-refractivity contribution in [2.75, 3.05) is 19.5 Å². The number of H-pyrrole nitrogens is 1. The van der Waals surface area contributed by atoms with E-state index in [2.05, 4.69) is 14.7 Å². The van der Waals surface area contributed by atoms with Gasteiger partial charge in [0.2, 0.25) is 0 Å². The van der Waals surface area contributed by atoms with Crippen LogP contribution in [0, 0.1) is 6.92 Å². The quantitative estimate of drug-likeness (QED) is 0.866. The number of ketones is 1. The van der Waals surface area contributed by atoms with Gasteiger partial charge in [-0.1, -0.05) is 0 Å². The fourth-order valence-electron chi connectivity index (χ4n) is 1.88. The van der Waals surface area contributed by atoms with Crippen LogP contribution < -0.4 is 0 Å². The summed E-state index contributed by atoms with van der Waals surface area (Å²) in [6.45, 7) is 1.80. The topological polar surface area (TPSA) is 89.1 Å². The van der Waals surface area contributed by atoms with Gasteiger partial charge in [0.1, 0.15) is 6.61 Å². The number of ether oxygens (including phenoxy) is 1. The predicted molar refractivity (Wildman–Crippen MR) is 74.4 cm³/mol. The first-order valence-corrected chi connectivity index (χ1v) is 7.77. The number of rotatable bonds is 6. The average molecular weight is 296 g/mol. The molecule has 0 aliphatic rings. The lowest BCUT2D eigenvalue weighted by molar-refractivity contribution is -0.122. The molecule has 20 heavy (non-hydrogen) atoms. The first-order chi connectivity index (χ1) is 9.42. The van der Waals surface area contributed by atoms with Crippen molar-refractivity contribution in [3.05, 3.63) is 23.9 Å². The van der Waals surface area contributed by atoms with Crippen LogP contribution >= 0.6 is 0 Å². The number of aromatic nitrogens is 2. The highest BCUT2D eigenvalue weighted by Gasteiger charge is 2.18. The molecule has 1 N–H and O–H groups in total. The third-order valence-electron chi connectivity index (χ3n) is 2.86. The molecule has 2 aromatic heterocycles. The normalized spacial score (nSPS) is 11.9. The molecule has 0 unspecified atom stereocenters. The molecular weight excluding hydrogens is 280 g/mol. The number of aryl methyl sites for hydroxylation is 1. The summed E-state index contributed by atoms with van der Waals surface area (Å²) >= 11 is 0. The molecule has 0 saturated heterocycles. The summed E-state index contributed by atoms with van der Waals surface area (Å²) in [5.41, 5.74) is 2.31. The first-order valence-electron chi connectivity index (χ1n) is 6.12. The van der Waals surface area contributed by atoms with Gasteiger partial charge < -0.3 is 9.72 Å². The van der Waals surface area contributed by atoms with Crippen LogP contribution in [0.5, 0.6) is 0 Å². The second-order valence-corrected chi connectivity index (χ2v) is 6.63. The molecule has 0 aliphatic carbocycles. The number of aromatic amines is 1. The number of carbonyl (C=O) groups excluding carboxylic acids is 1. The summed E-state index contributed by atoms with van der Waals surface area (Å²) < 4.78 is 28.9. The maximum atomic E-state index is 12.1. The number of carbonyl (C=O) groups is 1. The van der Waals surface area contributed by atoms with E-state index in [9.17, 15) is 13.2 Å². The van der Waals surface area contributed by atoms with E-state index in [4.69, 9.17) is 0 Å². The van der Waals surface area contributed by atoms with Crippen LogP contribution in [0.1, 0.15) is 12.1 Å². The van der Waals surface area contributed by atoms with Crippen LogP contribution in [0.25, 0.3) is 11.0 Å². The summed E-state index contributed by atoms with van der Waals surface area (Å²) in [6.07, 6.45) is -0.0674. The number of nitrogens with zero attached hydrogens (tertiary/aromatic N) is 1. The highest BCUT2D eigenvalue weighted by atomic mass is 32.2. The lowest BCUT2D eigenvalue weighted by atomic mass is 10.3. The number of hydrogen-bond donors (Lipinski definition) is 1. The van der Waals surface area contributed by atoms with E-state index in [1.165, 1.54) is 13.2 Å². The number of nitrogens with one attached hydrogen (secondary N) is 1. The van der Waals surface area contributed by atoms with Gasteiger partial charge in [0.25, 0.3) is 0 Å². The number of fused-ring (bicyclic) bond motifs is 1. The maximum absolute atomic E-state index is 12.1. The van der Waals surface area contributed by atoms with E-state index in [1.54, 1.807) is 12.1 Å². The lowest BCUT2D eigenvalue weighted by Gasteiger charge is -2.03. The molecule has 0 aliphatic heterocycles. The fourth-order valence-corrected chi connectivity index (χ4v) is 3.10. The van der Waals surface area contributed by atoms with E-state index in [0.717, 1.165) is 11.2 Å². The molecule has 0 amide bonds. The van der Waals surface area contributed by atoms with Crippen LogP contribution in [-0.4, -0.2) is 43.6 Å². The molecule has 2 aromatic rings. The Bertz CT molecular complexity index is 734. The van der Waals surface area contributed by atoms with Gasteiger partial charge in [-0.15, -0.1) is 0 Å². The summed E-state index contributed by atoms with van der Waals surface area (Å²) in [5.74, 6) is -0.494. The zero-order valence-electron chi connectivity index (χ0n) is 11.3. The number of Topliss-reactive ketones (excluding diaryl/α,β-unsaturated/α-hetero) is 1. The van der Waals surface area contributed by atoms with Crippen molar-refractivity contribution in [3.63, 3.8) is 0 Å². The fraction of sp³-hybridized carbons (Fsp3) is 0.385. The van der Waals surface area contributed by atoms with Gasteiger partial charge in [-0.05, 0) is 25.1 Å². The van der Waals surface area contributed by atoms with Crippen molar-refractivity contribution in [1.82, 2.24) is 9.97 Å². The largest absolute Gasteiger partial charge is 0.377 e. The van der Waals surface area contributed by atoms with Crippen LogP contribution in [0.15, 0.2) is 23.2 Å². The summed E-state index contributed by atoms with van der Waals surface area (Å²) in [4.78, 5) is 18.5. The van der Waals surface area contributed by atoms with Crippen molar-refractivity contribution < 1.29 is 17.9 Å². The summed E-state index contributed by atoms with van der Waals surface area (Å²) in [6, 6.07) is 4.91. The van der Waals surface area contributed by atoms with Gasteiger partial charge >= 0.3 is 0 Å².